The van der Waals surface area contributed by atoms with Crippen LogP contribution in [-0.4, -0.2) is 60.6 Å². The monoisotopic (exact) mass is 475 g/mol. The summed E-state index contributed by atoms with van der Waals surface area (Å²) in [5.74, 6) is 0.112. The molecule has 1 aliphatic rings. The molecule has 0 aliphatic carbocycles. The molecule has 6 nitrogen and oxygen atoms in total. The second-order valence-corrected chi connectivity index (χ2v) is 8.73. The van der Waals surface area contributed by atoms with Crippen molar-refractivity contribution in [2.24, 2.45) is 0 Å². The fraction of sp³-hybridized carbons (Fsp3) is 0.440. The topological polar surface area (TPSA) is 56.1 Å². The SMILES string of the molecule is COc1cc(-c2cnc3cc(C4CCCN(C)C4)ccn23)cc(OC)c1C(=O)CCC(F)(F)F. The lowest BCUT2D eigenvalue weighted by molar-refractivity contribution is -0.133. The zero-order valence-electron chi connectivity index (χ0n) is 19.5. The first-order valence-electron chi connectivity index (χ1n) is 11.2. The van der Waals surface area contributed by atoms with E-state index in [4.69, 9.17) is 9.47 Å². The number of carbonyl (C=O) groups is 1. The minimum absolute atomic E-state index is 0.00975. The molecule has 34 heavy (non-hydrogen) atoms. The van der Waals surface area contributed by atoms with Gasteiger partial charge in [-0.05, 0) is 62.2 Å². The lowest BCUT2D eigenvalue weighted by Gasteiger charge is -2.29. The fourth-order valence-corrected chi connectivity index (χ4v) is 4.62. The maximum Gasteiger partial charge on any atom is 0.389 e. The van der Waals surface area contributed by atoms with Crippen molar-refractivity contribution in [1.82, 2.24) is 14.3 Å². The van der Waals surface area contributed by atoms with Crippen LogP contribution in [0.2, 0.25) is 0 Å². The third-order valence-electron chi connectivity index (χ3n) is 6.35. The molecule has 0 spiro atoms. The van der Waals surface area contributed by atoms with Gasteiger partial charge in [0.15, 0.2) is 5.78 Å². The van der Waals surface area contributed by atoms with E-state index in [1.807, 2.05) is 10.6 Å². The number of alkyl halides is 3. The molecule has 1 aliphatic heterocycles. The highest BCUT2D eigenvalue weighted by Gasteiger charge is 2.30. The van der Waals surface area contributed by atoms with Crippen molar-refractivity contribution in [2.75, 3.05) is 34.4 Å². The smallest absolute Gasteiger partial charge is 0.389 e. The Hall–Kier alpha value is -3.07. The molecule has 1 fully saturated rings. The maximum atomic E-state index is 12.6. The van der Waals surface area contributed by atoms with Gasteiger partial charge < -0.3 is 14.4 Å². The minimum Gasteiger partial charge on any atom is -0.496 e. The predicted molar refractivity (Wildman–Crippen MR) is 123 cm³/mol. The summed E-state index contributed by atoms with van der Waals surface area (Å²) in [7, 11) is 4.89. The summed E-state index contributed by atoms with van der Waals surface area (Å²) in [6, 6.07) is 7.47. The Bertz CT molecular complexity index is 1160. The number of halogens is 3. The third kappa shape index (κ3) is 5.04. The molecule has 4 rings (SSSR count). The van der Waals surface area contributed by atoms with Gasteiger partial charge >= 0.3 is 6.18 Å². The van der Waals surface area contributed by atoms with Gasteiger partial charge in [-0.3, -0.25) is 9.20 Å². The number of ketones is 1. The van der Waals surface area contributed by atoms with Crippen molar-refractivity contribution in [2.45, 2.75) is 37.8 Å². The fourth-order valence-electron chi connectivity index (χ4n) is 4.62. The second-order valence-electron chi connectivity index (χ2n) is 8.73. The van der Waals surface area contributed by atoms with Crippen LogP contribution in [0, 0.1) is 0 Å². The van der Waals surface area contributed by atoms with Gasteiger partial charge in [0, 0.05) is 24.7 Å². The van der Waals surface area contributed by atoms with Gasteiger partial charge in [-0.25, -0.2) is 4.98 Å². The number of aromatic nitrogens is 2. The van der Waals surface area contributed by atoms with E-state index in [0.29, 0.717) is 11.5 Å². The number of ether oxygens (including phenoxy) is 2. The third-order valence-corrected chi connectivity index (χ3v) is 6.35. The number of nitrogens with zero attached hydrogens (tertiary/aromatic N) is 3. The van der Waals surface area contributed by atoms with E-state index in [9.17, 15) is 18.0 Å². The molecule has 0 bridgehead atoms. The average Bonchev–Trinajstić information content (AvgIpc) is 3.24. The number of hydrogen-bond acceptors (Lipinski definition) is 5. The lowest BCUT2D eigenvalue weighted by atomic mass is 9.91. The molecule has 0 radical (unpaired) electrons. The van der Waals surface area contributed by atoms with Crippen molar-refractivity contribution >= 4 is 11.4 Å². The van der Waals surface area contributed by atoms with Crippen LogP contribution in [0.1, 0.15) is 47.5 Å². The molecule has 3 aromatic rings. The number of likely N-dealkylation sites (tertiary alicyclic amines) is 1. The number of pyridine rings is 1. The van der Waals surface area contributed by atoms with Gasteiger partial charge in [-0.15, -0.1) is 0 Å². The van der Waals surface area contributed by atoms with Gasteiger partial charge in [-0.2, -0.15) is 13.2 Å². The van der Waals surface area contributed by atoms with E-state index in [0.717, 1.165) is 30.9 Å². The Morgan fingerprint density at radius 2 is 1.88 bits per heavy atom. The molecule has 1 unspecified atom stereocenters. The highest BCUT2D eigenvalue weighted by atomic mass is 19.4. The number of rotatable bonds is 7. The summed E-state index contributed by atoms with van der Waals surface area (Å²) < 4.78 is 50.6. The Balaban J connectivity index is 1.68. The number of likely N-dealkylation sites (N-methyl/N-ethyl adjacent to an activating group) is 1. The molecule has 182 valence electrons. The summed E-state index contributed by atoms with van der Waals surface area (Å²) in [6.45, 7) is 2.13. The Morgan fingerprint density at radius 1 is 1.18 bits per heavy atom. The quantitative estimate of drug-likeness (QED) is 0.431. The Morgan fingerprint density at radius 3 is 2.50 bits per heavy atom. The summed E-state index contributed by atoms with van der Waals surface area (Å²) in [5, 5.41) is 0. The van der Waals surface area contributed by atoms with E-state index < -0.39 is 24.8 Å². The number of methoxy groups -OCH3 is 2. The molecular weight excluding hydrogens is 447 g/mol. The molecule has 3 heterocycles. The van der Waals surface area contributed by atoms with Gasteiger partial charge in [-0.1, -0.05) is 0 Å². The average molecular weight is 476 g/mol. The first-order valence-corrected chi connectivity index (χ1v) is 11.2. The first-order chi connectivity index (χ1) is 16.2. The van der Waals surface area contributed by atoms with Crippen LogP contribution in [0.3, 0.4) is 0 Å². The van der Waals surface area contributed by atoms with E-state index in [1.165, 1.54) is 26.2 Å². The minimum atomic E-state index is -4.42. The molecule has 1 atom stereocenters. The molecule has 9 heteroatoms. The number of piperidine rings is 1. The van der Waals surface area contributed by atoms with Crippen LogP contribution in [-0.2, 0) is 0 Å². The van der Waals surface area contributed by atoms with Crippen LogP contribution in [0.5, 0.6) is 11.5 Å². The molecule has 2 aromatic heterocycles. The van der Waals surface area contributed by atoms with Crippen LogP contribution >= 0.6 is 0 Å². The number of Topliss-reactive ketones (excluding diaryl/α,β-unsaturated/α-hetero) is 1. The van der Waals surface area contributed by atoms with Crippen LogP contribution < -0.4 is 9.47 Å². The molecular formula is C25H28F3N3O3. The van der Waals surface area contributed by atoms with Crippen LogP contribution in [0.15, 0.2) is 36.7 Å². The van der Waals surface area contributed by atoms with E-state index in [-0.39, 0.29) is 17.1 Å². The highest BCUT2D eigenvalue weighted by Crippen LogP contribution is 2.37. The van der Waals surface area contributed by atoms with E-state index in [1.54, 1.807) is 18.3 Å². The normalized spacial score (nSPS) is 17.2. The molecule has 0 saturated carbocycles. The van der Waals surface area contributed by atoms with Crippen LogP contribution in [0.4, 0.5) is 13.2 Å². The molecule has 0 amide bonds. The molecule has 1 saturated heterocycles. The number of benzene rings is 1. The number of imidazole rings is 1. The Kier molecular flexibility index (Phi) is 6.84. The maximum absolute atomic E-state index is 12.6. The largest absolute Gasteiger partial charge is 0.496 e. The van der Waals surface area contributed by atoms with Gasteiger partial charge in [0.2, 0.25) is 0 Å². The number of carbonyl (C=O) groups excluding carboxylic acids is 1. The zero-order chi connectivity index (χ0) is 24.5. The van der Waals surface area contributed by atoms with E-state index >= 15 is 0 Å². The summed E-state index contributed by atoms with van der Waals surface area (Å²) >= 11 is 0. The van der Waals surface area contributed by atoms with Crippen molar-refractivity contribution in [3.8, 4) is 22.8 Å². The van der Waals surface area contributed by atoms with Crippen molar-refractivity contribution < 1.29 is 27.4 Å². The second kappa shape index (κ2) is 9.66. The van der Waals surface area contributed by atoms with E-state index in [2.05, 4.69) is 29.1 Å². The van der Waals surface area contributed by atoms with Gasteiger partial charge in [0.05, 0.1) is 32.5 Å². The first kappa shape index (κ1) is 24.1. The number of hydrogen-bond donors (Lipinski definition) is 0. The summed E-state index contributed by atoms with van der Waals surface area (Å²) in [6.07, 6.45) is -0.282. The van der Waals surface area contributed by atoms with Crippen molar-refractivity contribution in [1.29, 1.82) is 0 Å². The predicted octanol–water partition coefficient (Wildman–Crippen LogP) is 5.35. The lowest BCUT2D eigenvalue weighted by Crippen LogP contribution is -2.30. The molecule has 0 N–H and O–H groups in total. The molecule has 1 aromatic carbocycles. The van der Waals surface area contributed by atoms with Crippen LogP contribution in [0.25, 0.3) is 16.9 Å². The number of fused-ring (bicyclic) bond motifs is 1. The standard InChI is InChI=1S/C25H28F3N3O3/c1-30-9-4-5-17(15-30)16-7-10-31-19(14-29-23(31)13-16)18-11-21(33-2)24(22(12-18)34-3)20(32)6-8-25(26,27)28/h7,10-14,17H,4-6,8-9,15H2,1-3H3. The zero-order valence-corrected chi connectivity index (χ0v) is 19.5. The summed E-state index contributed by atoms with van der Waals surface area (Å²) in [5.41, 5.74) is 3.49. The van der Waals surface area contributed by atoms with Gasteiger partial charge in [0.1, 0.15) is 22.7 Å². The highest BCUT2D eigenvalue weighted by molar-refractivity contribution is 6.02. The van der Waals surface area contributed by atoms with Gasteiger partial charge in [0.25, 0.3) is 0 Å². The summed E-state index contributed by atoms with van der Waals surface area (Å²) in [4.78, 5) is 19.5. The Labute approximate surface area is 196 Å². The van der Waals surface area contributed by atoms with Crippen molar-refractivity contribution in [3.63, 3.8) is 0 Å². The van der Waals surface area contributed by atoms with Crippen molar-refractivity contribution in [3.05, 3.63) is 47.8 Å².